The number of thioether (sulfide) groups is 1. The summed E-state index contributed by atoms with van der Waals surface area (Å²) in [5, 5.41) is 4.31. The van der Waals surface area contributed by atoms with Gasteiger partial charge in [-0.15, -0.1) is 0 Å². The van der Waals surface area contributed by atoms with E-state index in [1.807, 2.05) is 44.2 Å². The average molecular weight is 543 g/mol. The van der Waals surface area contributed by atoms with Crippen molar-refractivity contribution in [1.82, 2.24) is 5.32 Å². The number of hydrogen-bond acceptors (Lipinski definition) is 6. The number of benzene rings is 3. The summed E-state index contributed by atoms with van der Waals surface area (Å²) < 4.78 is 17.1. The lowest BCUT2D eigenvalue weighted by Crippen LogP contribution is -2.19. The van der Waals surface area contributed by atoms with Crippen molar-refractivity contribution in [2.75, 3.05) is 13.7 Å². The standard InChI is InChI=1S/C27H24Cl2N2O4S/c1-4-34-23-13-18(12-20(29)25(23)35-15-17-6-8-19(28)9-7-17)14-24-26(32)31-27(36-24)30-21-11-16(2)5-10-22(21)33-3/h5-14H,4,15H2,1-3H3,(H,30,31,32)/b24-14-. The van der Waals surface area contributed by atoms with Crippen molar-refractivity contribution in [2.45, 2.75) is 20.5 Å². The molecule has 3 aromatic carbocycles. The van der Waals surface area contributed by atoms with E-state index >= 15 is 0 Å². The van der Waals surface area contributed by atoms with Gasteiger partial charge in [0.15, 0.2) is 16.7 Å². The third-order valence-corrected chi connectivity index (χ3v) is 6.58. The average Bonchev–Trinajstić information content (AvgIpc) is 3.18. The molecule has 0 saturated carbocycles. The number of rotatable bonds is 8. The summed E-state index contributed by atoms with van der Waals surface area (Å²) in [5.74, 6) is 1.31. The molecule has 1 saturated heterocycles. The molecule has 9 heteroatoms. The summed E-state index contributed by atoms with van der Waals surface area (Å²) in [5.41, 5.74) is 3.33. The number of hydrogen-bond donors (Lipinski definition) is 1. The minimum Gasteiger partial charge on any atom is -0.494 e. The predicted molar refractivity (Wildman–Crippen MR) is 147 cm³/mol. The zero-order valence-corrected chi connectivity index (χ0v) is 22.3. The molecule has 1 heterocycles. The molecule has 1 N–H and O–H groups in total. The first-order valence-electron chi connectivity index (χ1n) is 11.1. The van der Waals surface area contributed by atoms with Crippen LogP contribution in [0.1, 0.15) is 23.6 Å². The van der Waals surface area contributed by atoms with E-state index in [0.29, 0.717) is 61.8 Å². The lowest BCUT2D eigenvalue weighted by molar-refractivity contribution is -0.115. The summed E-state index contributed by atoms with van der Waals surface area (Å²) in [6, 6.07) is 16.6. The molecule has 3 aromatic rings. The van der Waals surface area contributed by atoms with Gasteiger partial charge in [-0.05, 0) is 84.8 Å². The quantitative estimate of drug-likeness (QED) is 0.305. The topological polar surface area (TPSA) is 69.2 Å². The van der Waals surface area contributed by atoms with E-state index in [4.69, 9.17) is 37.4 Å². The molecule has 0 aromatic heterocycles. The number of amides is 1. The fourth-order valence-electron chi connectivity index (χ4n) is 3.44. The van der Waals surface area contributed by atoms with Crippen molar-refractivity contribution in [3.8, 4) is 17.2 Å². The van der Waals surface area contributed by atoms with Crippen molar-refractivity contribution in [2.24, 2.45) is 4.99 Å². The van der Waals surface area contributed by atoms with E-state index in [-0.39, 0.29) is 5.91 Å². The molecule has 36 heavy (non-hydrogen) atoms. The molecule has 0 spiro atoms. The molecule has 0 bridgehead atoms. The lowest BCUT2D eigenvalue weighted by Gasteiger charge is -2.15. The Morgan fingerprint density at radius 1 is 1.03 bits per heavy atom. The molecule has 1 aliphatic heterocycles. The molecule has 186 valence electrons. The fourth-order valence-corrected chi connectivity index (χ4v) is 4.67. The van der Waals surface area contributed by atoms with Gasteiger partial charge in [-0.1, -0.05) is 41.4 Å². The normalized spacial score (nSPS) is 15.3. The zero-order chi connectivity index (χ0) is 25.7. The Bertz CT molecular complexity index is 1340. The smallest absolute Gasteiger partial charge is 0.264 e. The van der Waals surface area contributed by atoms with Crippen molar-refractivity contribution >= 4 is 57.8 Å². The molecule has 0 atom stereocenters. The molecular formula is C27H24Cl2N2O4S. The zero-order valence-electron chi connectivity index (χ0n) is 19.9. The van der Waals surface area contributed by atoms with Crippen LogP contribution in [-0.4, -0.2) is 24.8 Å². The lowest BCUT2D eigenvalue weighted by atomic mass is 10.1. The highest BCUT2D eigenvalue weighted by molar-refractivity contribution is 8.18. The van der Waals surface area contributed by atoms with Crippen LogP contribution in [0, 0.1) is 6.92 Å². The maximum atomic E-state index is 12.6. The molecule has 1 aliphatic rings. The third-order valence-electron chi connectivity index (χ3n) is 5.13. The first-order valence-corrected chi connectivity index (χ1v) is 12.7. The highest BCUT2D eigenvalue weighted by Crippen LogP contribution is 2.39. The second-order valence-electron chi connectivity index (χ2n) is 7.84. The van der Waals surface area contributed by atoms with Crippen molar-refractivity contribution in [3.63, 3.8) is 0 Å². The van der Waals surface area contributed by atoms with Crippen LogP contribution in [-0.2, 0) is 11.4 Å². The first kappa shape index (κ1) is 25.9. The van der Waals surface area contributed by atoms with E-state index in [1.54, 1.807) is 37.5 Å². The number of methoxy groups -OCH3 is 1. The summed E-state index contributed by atoms with van der Waals surface area (Å²) in [7, 11) is 1.59. The summed E-state index contributed by atoms with van der Waals surface area (Å²) in [4.78, 5) is 17.7. The van der Waals surface area contributed by atoms with Gasteiger partial charge in [0.05, 0.1) is 23.6 Å². The maximum Gasteiger partial charge on any atom is 0.264 e. The van der Waals surface area contributed by atoms with E-state index in [0.717, 1.165) is 11.1 Å². The van der Waals surface area contributed by atoms with Crippen molar-refractivity contribution in [1.29, 1.82) is 0 Å². The Morgan fingerprint density at radius 2 is 1.81 bits per heavy atom. The van der Waals surface area contributed by atoms with Crippen molar-refractivity contribution in [3.05, 3.63) is 86.2 Å². The largest absolute Gasteiger partial charge is 0.494 e. The molecule has 1 fully saturated rings. The number of nitrogens with one attached hydrogen (secondary N) is 1. The van der Waals surface area contributed by atoms with Gasteiger partial charge in [0.2, 0.25) is 0 Å². The van der Waals surface area contributed by atoms with Crippen LogP contribution in [0.25, 0.3) is 6.08 Å². The number of aliphatic imine (C=N–C) groups is 1. The molecule has 1 amide bonds. The van der Waals surface area contributed by atoms with Gasteiger partial charge < -0.3 is 19.5 Å². The highest BCUT2D eigenvalue weighted by Gasteiger charge is 2.25. The molecule has 0 radical (unpaired) electrons. The fraction of sp³-hybridized carbons (Fsp3) is 0.185. The SMILES string of the molecule is CCOc1cc(/C=C2\SC(=Nc3cc(C)ccc3OC)NC2=O)cc(Cl)c1OCc1ccc(Cl)cc1. The second-order valence-corrected chi connectivity index (χ2v) is 9.71. The number of carbonyl (C=O) groups is 1. The van der Waals surface area contributed by atoms with Gasteiger partial charge >= 0.3 is 0 Å². The molecule has 0 unspecified atom stereocenters. The van der Waals surface area contributed by atoms with Gasteiger partial charge in [-0.3, -0.25) is 4.79 Å². The highest BCUT2D eigenvalue weighted by atomic mass is 35.5. The maximum absolute atomic E-state index is 12.6. The number of halogens is 2. The minimum atomic E-state index is -0.248. The molecule has 4 rings (SSSR count). The Hall–Kier alpha value is -3.13. The summed E-state index contributed by atoms with van der Waals surface area (Å²) in [6.07, 6.45) is 1.74. The van der Waals surface area contributed by atoms with E-state index in [1.165, 1.54) is 11.8 Å². The monoisotopic (exact) mass is 542 g/mol. The number of nitrogens with zero attached hydrogens (tertiary/aromatic N) is 1. The van der Waals surface area contributed by atoms with Gasteiger partial charge in [0, 0.05) is 5.02 Å². The third kappa shape index (κ3) is 6.35. The Morgan fingerprint density at radius 3 is 2.53 bits per heavy atom. The summed E-state index contributed by atoms with van der Waals surface area (Å²) in [6.45, 7) is 4.58. The van der Waals surface area contributed by atoms with Crippen LogP contribution in [0.5, 0.6) is 17.2 Å². The van der Waals surface area contributed by atoms with Crippen LogP contribution in [0.4, 0.5) is 5.69 Å². The Kier molecular flexibility index (Phi) is 8.46. The summed E-state index contributed by atoms with van der Waals surface area (Å²) >= 11 is 13.8. The van der Waals surface area contributed by atoms with Crippen molar-refractivity contribution < 1.29 is 19.0 Å². The van der Waals surface area contributed by atoms with Crippen LogP contribution < -0.4 is 19.5 Å². The molecule has 6 nitrogen and oxygen atoms in total. The first-order chi connectivity index (χ1) is 17.4. The van der Waals surface area contributed by atoms with Gasteiger partial charge in [-0.25, -0.2) is 4.99 Å². The van der Waals surface area contributed by atoms with E-state index in [2.05, 4.69) is 10.3 Å². The van der Waals surface area contributed by atoms with Gasteiger partial charge in [0.25, 0.3) is 5.91 Å². The van der Waals surface area contributed by atoms with Crippen LogP contribution in [0.3, 0.4) is 0 Å². The number of aryl methyl sites for hydroxylation is 1. The predicted octanol–water partition coefficient (Wildman–Crippen LogP) is 7.18. The molecular weight excluding hydrogens is 519 g/mol. The number of ether oxygens (including phenoxy) is 3. The Balaban J connectivity index is 1.57. The Labute approximate surface area is 224 Å². The van der Waals surface area contributed by atoms with Gasteiger partial charge in [0.1, 0.15) is 18.0 Å². The van der Waals surface area contributed by atoms with Crippen LogP contribution >= 0.6 is 35.0 Å². The second kappa shape index (κ2) is 11.7. The van der Waals surface area contributed by atoms with Gasteiger partial charge in [-0.2, -0.15) is 0 Å². The van der Waals surface area contributed by atoms with E-state index < -0.39 is 0 Å². The minimum absolute atomic E-state index is 0.248. The van der Waals surface area contributed by atoms with E-state index in [9.17, 15) is 4.79 Å². The number of amidine groups is 1. The van der Waals surface area contributed by atoms with Crippen LogP contribution in [0.2, 0.25) is 10.0 Å². The number of carbonyl (C=O) groups excluding carboxylic acids is 1. The van der Waals surface area contributed by atoms with Crippen LogP contribution in [0.15, 0.2) is 64.5 Å². The molecule has 0 aliphatic carbocycles.